The molecular weight excluding hydrogens is 200 g/mol. The third-order valence-electron chi connectivity index (χ3n) is 3.95. The van der Waals surface area contributed by atoms with E-state index in [2.05, 4.69) is 31.4 Å². The van der Waals surface area contributed by atoms with Gasteiger partial charge in [0.15, 0.2) is 0 Å². The highest BCUT2D eigenvalue weighted by molar-refractivity contribution is 5.83. The van der Waals surface area contributed by atoms with Crippen molar-refractivity contribution in [3.05, 3.63) is 0 Å². The number of piperidine rings is 1. The lowest BCUT2D eigenvalue weighted by molar-refractivity contribution is -0.133. The van der Waals surface area contributed by atoms with Crippen LogP contribution in [0.3, 0.4) is 0 Å². The highest BCUT2D eigenvalue weighted by atomic mass is 16.2. The summed E-state index contributed by atoms with van der Waals surface area (Å²) in [7, 11) is 0. The van der Waals surface area contributed by atoms with Gasteiger partial charge in [0.1, 0.15) is 0 Å². The van der Waals surface area contributed by atoms with Crippen molar-refractivity contribution in [2.75, 3.05) is 13.1 Å². The Morgan fingerprint density at radius 1 is 1.38 bits per heavy atom. The minimum atomic E-state index is -0.152. The van der Waals surface area contributed by atoms with Crippen LogP contribution in [-0.2, 0) is 4.79 Å². The van der Waals surface area contributed by atoms with Gasteiger partial charge in [-0.1, -0.05) is 20.8 Å². The van der Waals surface area contributed by atoms with Crippen LogP contribution in [0.2, 0.25) is 0 Å². The van der Waals surface area contributed by atoms with Crippen LogP contribution in [-0.4, -0.2) is 25.0 Å². The lowest BCUT2D eigenvalue weighted by Gasteiger charge is -2.36. The monoisotopic (exact) mass is 226 g/mol. The van der Waals surface area contributed by atoms with Gasteiger partial charge in [0.05, 0.1) is 5.41 Å². The predicted octanol–water partition coefficient (Wildman–Crippen LogP) is 2.07. The molecule has 3 heteroatoms. The third-order valence-corrected chi connectivity index (χ3v) is 3.95. The minimum absolute atomic E-state index is 0.152. The van der Waals surface area contributed by atoms with Crippen LogP contribution in [0.1, 0.15) is 52.9 Å². The van der Waals surface area contributed by atoms with Gasteiger partial charge in [0, 0.05) is 12.6 Å². The highest BCUT2D eigenvalue weighted by Crippen LogP contribution is 2.30. The first kappa shape index (κ1) is 13.5. The maximum absolute atomic E-state index is 12.3. The van der Waals surface area contributed by atoms with Gasteiger partial charge in [-0.3, -0.25) is 4.79 Å². The molecule has 1 fully saturated rings. The van der Waals surface area contributed by atoms with E-state index in [4.69, 9.17) is 0 Å². The lowest BCUT2D eigenvalue weighted by Crippen LogP contribution is -2.52. The Balaban J connectivity index is 2.61. The zero-order valence-electron chi connectivity index (χ0n) is 10.9. The minimum Gasteiger partial charge on any atom is -0.353 e. The van der Waals surface area contributed by atoms with Crippen LogP contribution in [0.15, 0.2) is 0 Å². The molecule has 1 rings (SSSR count). The molecule has 2 N–H and O–H groups in total. The Hall–Kier alpha value is -0.570. The average molecular weight is 226 g/mol. The molecule has 1 saturated heterocycles. The number of hydrogen-bond acceptors (Lipinski definition) is 2. The van der Waals surface area contributed by atoms with Gasteiger partial charge in [-0.15, -0.1) is 0 Å². The maximum Gasteiger partial charge on any atom is 0.227 e. The van der Waals surface area contributed by atoms with E-state index in [0.717, 1.165) is 45.2 Å². The van der Waals surface area contributed by atoms with Crippen molar-refractivity contribution < 1.29 is 4.79 Å². The van der Waals surface area contributed by atoms with Crippen molar-refractivity contribution in [1.82, 2.24) is 10.6 Å². The molecular formula is C13H26N2O. The number of rotatable bonds is 5. The van der Waals surface area contributed by atoms with Crippen molar-refractivity contribution in [2.24, 2.45) is 5.41 Å². The molecule has 0 saturated carbocycles. The van der Waals surface area contributed by atoms with Crippen molar-refractivity contribution in [3.8, 4) is 0 Å². The summed E-state index contributed by atoms with van der Waals surface area (Å²) < 4.78 is 0. The molecule has 0 spiro atoms. The van der Waals surface area contributed by atoms with E-state index in [1.807, 2.05) is 0 Å². The Bertz CT molecular complexity index is 218. The van der Waals surface area contributed by atoms with E-state index < -0.39 is 0 Å². The fourth-order valence-electron chi connectivity index (χ4n) is 2.46. The molecule has 0 radical (unpaired) electrons. The van der Waals surface area contributed by atoms with Crippen molar-refractivity contribution in [1.29, 1.82) is 0 Å². The molecule has 94 valence electrons. The Labute approximate surface area is 99.4 Å². The van der Waals surface area contributed by atoms with Crippen LogP contribution in [0.5, 0.6) is 0 Å². The molecule has 0 aromatic heterocycles. The van der Waals surface area contributed by atoms with Crippen molar-refractivity contribution >= 4 is 5.91 Å². The van der Waals surface area contributed by atoms with Crippen LogP contribution in [0.25, 0.3) is 0 Å². The number of carbonyl (C=O) groups excluding carboxylic acids is 1. The van der Waals surface area contributed by atoms with Gasteiger partial charge >= 0.3 is 0 Å². The summed E-state index contributed by atoms with van der Waals surface area (Å²) in [4.78, 5) is 12.3. The third kappa shape index (κ3) is 2.97. The second-order valence-electron chi connectivity index (χ2n) is 4.90. The second kappa shape index (κ2) is 6.24. The standard InChI is InChI=1S/C13H26N2O/c1-4-11(5-2)15-12(16)13(6-3)8-7-9-14-10-13/h11,14H,4-10H2,1-3H3,(H,15,16). The van der Waals surface area contributed by atoms with E-state index in [0.29, 0.717) is 6.04 Å². The molecule has 1 heterocycles. The largest absolute Gasteiger partial charge is 0.353 e. The van der Waals surface area contributed by atoms with Crippen LogP contribution >= 0.6 is 0 Å². The number of hydrogen-bond donors (Lipinski definition) is 2. The Morgan fingerprint density at radius 3 is 2.50 bits per heavy atom. The fourth-order valence-corrected chi connectivity index (χ4v) is 2.46. The van der Waals surface area contributed by atoms with Gasteiger partial charge < -0.3 is 10.6 Å². The molecule has 0 bridgehead atoms. The summed E-state index contributed by atoms with van der Waals surface area (Å²) in [5.41, 5.74) is -0.152. The zero-order valence-corrected chi connectivity index (χ0v) is 10.9. The first-order valence-electron chi connectivity index (χ1n) is 6.70. The van der Waals surface area contributed by atoms with E-state index in [9.17, 15) is 4.79 Å². The van der Waals surface area contributed by atoms with Crippen LogP contribution < -0.4 is 10.6 Å². The molecule has 1 aliphatic rings. The van der Waals surface area contributed by atoms with Gasteiger partial charge in [0.25, 0.3) is 0 Å². The Kier molecular flexibility index (Phi) is 5.26. The van der Waals surface area contributed by atoms with Crippen molar-refractivity contribution in [3.63, 3.8) is 0 Å². The van der Waals surface area contributed by atoms with E-state index >= 15 is 0 Å². The smallest absolute Gasteiger partial charge is 0.227 e. The van der Waals surface area contributed by atoms with E-state index in [1.54, 1.807) is 0 Å². The molecule has 0 aromatic rings. The van der Waals surface area contributed by atoms with E-state index in [1.165, 1.54) is 0 Å². The molecule has 0 aromatic carbocycles. The molecule has 16 heavy (non-hydrogen) atoms. The molecule has 3 nitrogen and oxygen atoms in total. The summed E-state index contributed by atoms with van der Waals surface area (Å²) in [6.07, 6.45) is 5.13. The number of amides is 1. The quantitative estimate of drug-likeness (QED) is 0.753. The maximum atomic E-state index is 12.3. The highest BCUT2D eigenvalue weighted by Gasteiger charge is 2.38. The van der Waals surface area contributed by atoms with Crippen molar-refractivity contribution in [2.45, 2.75) is 58.9 Å². The number of carbonyl (C=O) groups is 1. The average Bonchev–Trinajstić information content (AvgIpc) is 2.36. The molecule has 1 amide bonds. The molecule has 0 aliphatic carbocycles. The summed E-state index contributed by atoms with van der Waals surface area (Å²) in [6, 6.07) is 0.345. The summed E-state index contributed by atoms with van der Waals surface area (Å²) >= 11 is 0. The second-order valence-corrected chi connectivity index (χ2v) is 4.90. The Morgan fingerprint density at radius 2 is 2.06 bits per heavy atom. The van der Waals surface area contributed by atoms with Gasteiger partial charge in [-0.05, 0) is 38.6 Å². The summed E-state index contributed by atoms with van der Waals surface area (Å²) in [5.74, 6) is 0.260. The normalized spacial score (nSPS) is 25.8. The SMILES string of the molecule is CCC(CC)NC(=O)C1(CC)CCCNC1. The zero-order chi connectivity index (χ0) is 12.0. The predicted molar refractivity (Wildman–Crippen MR) is 67.3 cm³/mol. The fraction of sp³-hybridized carbons (Fsp3) is 0.923. The van der Waals surface area contributed by atoms with Gasteiger partial charge in [-0.25, -0.2) is 0 Å². The lowest BCUT2D eigenvalue weighted by atomic mass is 9.77. The van der Waals surface area contributed by atoms with E-state index in [-0.39, 0.29) is 11.3 Å². The topological polar surface area (TPSA) is 41.1 Å². The number of nitrogens with one attached hydrogen (secondary N) is 2. The molecule has 1 atom stereocenters. The van der Waals surface area contributed by atoms with Crippen LogP contribution in [0.4, 0.5) is 0 Å². The summed E-state index contributed by atoms with van der Waals surface area (Å²) in [5, 5.41) is 6.55. The molecule has 1 unspecified atom stereocenters. The molecule has 1 aliphatic heterocycles. The first-order valence-corrected chi connectivity index (χ1v) is 6.70. The summed E-state index contributed by atoms with van der Waals surface area (Å²) in [6.45, 7) is 8.29. The van der Waals surface area contributed by atoms with Crippen LogP contribution in [0, 0.1) is 5.41 Å². The van der Waals surface area contributed by atoms with Gasteiger partial charge in [0.2, 0.25) is 5.91 Å². The van der Waals surface area contributed by atoms with Gasteiger partial charge in [-0.2, -0.15) is 0 Å². The first-order chi connectivity index (χ1) is 7.68.